The molecule has 1 aromatic rings. The second kappa shape index (κ2) is 7.01. The first-order valence-electron chi connectivity index (χ1n) is 6.41. The van der Waals surface area contributed by atoms with Crippen molar-refractivity contribution in [2.75, 3.05) is 13.2 Å². The van der Waals surface area contributed by atoms with E-state index in [-0.39, 0.29) is 19.0 Å². The maximum atomic E-state index is 12.3. The molecule has 0 N–H and O–H groups in total. The molecule has 108 valence electrons. The van der Waals surface area contributed by atoms with E-state index < -0.39 is 11.6 Å². The average molecular weight is 276 g/mol. The van der Waals surface area contributed by atoms with Gasteiger partial charge < -0.3 is 9.47 Å². The Bertz CT molecular complexity index is 488. The summed E-state index contributed by atoms with van der Waals surface area (Å²) in [5.74, 6) is -0.565. The molecule has 20 heavy (non-hydrogen) atoms. The fraction of sp³-hybridized carbons (Fsp3) is 0.375. The molecule has 0 aliphatic rings. The minimum Gasteiger partial charge on any atom is -0.460 e. The monoisotopic (exact) mass is 276 g/mol. The smallest absolute Gasteiger partial charge is 0.333 e. The molecule has 0 spiro atoms. The number of rotatable bonds is 7. The molecular weight excluding hydrogens is 256 g/mol. The Hall–Kier alpha value is -1.94. The minimum atomic E-state index is -0.961. The molecule has 1 rings (SSSR count). The molecule has 0 radical (unpaired) electrons. The lowest BCUT2D eigenvalue weighted by atomic mass is 9.96. The molecule has 0 unspecified atom stereocenters. The predicted molar refractivity (Wildman–Crippen MR) is 76.6 cm³/mol. The van der Waals surface area contributed by atoms with Crippen LogP contribution in [0.5, 0.6) is 0 Å². The highest BCUT2D eigenvalue weighted by atomic mass is 16.6. The van der Waals surface area contributed by atoms with Gasteiger partial charge in [-0.3, -0.25) is 4.79 Å². The molecule has 0 saturated heterocycles. The lowest BCUT2D eigenvalue weighted by Crippen LogP contribution is -2.36. The first kappa shape index (κ1) is 16.1. The Morgan fingerprint density at radius 1 is 1.15 bits per heavy atom. The Morgan fingerprint density at radius 3 is 2.30 bits per heavy atom. The summed E-state index contributed by atoms with van der Waals surface area (Å²) in [5.41, 5.74) is -0.0298. The number of ketones is 1. The second-order valence-corrected chi connectivity index (χ2v) is 4.97. The van der Waals surface area contributed by atoms with Crippen LogP contribution < -0.4 is 0 Å². The van der Waals surface area contributed by atoms with Crippen molar-refractivity contribution in [2.24, 2.45) is 0 Å². The summed E-state index contributed by atoms with van der Waals surface area (Å²) in [6.45, 7) is 8.70. The van der Waals surface area contributed by atoms with E-state index in [1.165, 1.54) is 0 Å². The van der Waals surface area contributed by atoms with Crippen LogP contribution in [0.4, 0.5) is 0 Å². The van der Waals surface area contributed by atoms with Gasteiger partial charge in [0.15, 0.2) is 5.78 Å². The van der Waals surface area contributed by atoms with Crippen molar-refractivity contribution in [3.05, 3.63) is 48.0 Å². The SMILES string of the molecule is C=C(C)C(=O)OCCOC(C)(C)C(=O)c1ccccc1. The molecule has 0 amide bonds. The zero-order valence-corrected chi connectivity index (χ0v) is 12.1. The third-order valence-corrected chi connectivity index (χ3v) is 2.71. The van der Waals surface area contributed by atoms with E-state index in [2.05, 4.69) is 6.58 Å². The van der Waals surface area contributed by atoms with Gasteiger partial charge in [-0.15, -0.1) is 0 Å². The largest absolute Gasteiger partial charge is 0.460 e. The molecule has 0 heterocycles. The molecular formula is C16H20O4. The maximum Gasteiger partial charge on any atom is 0.333 e. The van der Waals surface area contributed by atoms with Crippen LogP contribution in [0, 0.1) is 0 Å². The first-order chi connectivity index (χ1) is 9.34. The van der Waals surface area contributed by atoms with Crippen LogP contribution in [0.15, 0.2) is 42.5 Å². The summed E-state index contributed by atoms with van der Waals surface area (Å²) < 4.78 is 10.4. The van der Waals surface area contributed by atoms with Gasteiger partial charge in [-0.05, 0) is 20.8 Å². The van der Waals surface area contributed by atoms with E-state index >= 15 is 0 Å². The van der Waals surface area contributed by atoms with Crippen molar-refractivity contribution >= 4 is 11.8 Å². The Labute approximate surface area is 119 Å². The number of ether oxygens (including phenoxy) is 2. The van der Waals surface area contributed by atoms with Gasteiger partial charge in [0.2, 0.25) is 0 Å². The van der Waals surface area contributed by atoms with Gasteiger partial charge >= 0.3 is 5.97 Å². The van der Waals surface area contributed by atoms with Crippen LogP contribution in [-0.4, -0.2) is 30.6 Å². The lowest BCUT2D eigenvalue weighted by molar-refractivity contribution is -0.141. The Balaban J connectivity index is 2.48. The van der Waals surface area contributed by atoms with E-state index in [1.807, 2.05) is 6.07 Å². The zero-order chi connectivity index (χ0) is 15.2. The van der Waals surface area contributed by atoms with E-state index in [0.29, 0.717) is 11.1 Å². The van der Waals surface area contributed by atoms with Gasteiger partial charge in [0.1, 0.15) is 12.2 Å². The van der Waals surface area contributed by atoms with E-state index in [9.17, 15) is 9.59 Å². The highest BCUT2D eigenvalue weighted by Gasteiger charge is 2.29. The molecule has 4 heteroatoms. The lowest BCUT2D eigenvalue weighted by Gasteiger charge is -2.23. The van der Waals surface area contributed by atoms with Crippen molar-refractivity contribution in [3.8, 4) is 0 Å². The van der Waals surface area contributed by atoms with Gasteiger partial charge in [0.05, 0.1) is 6.61 Å². The summed E-state index contributed by atoms with van der Waals surface area (Å²) in [6, 6.07) is 8.95. The van der Waals surface area contributed by atoms with Crippen LogP contribution in [0.25, 0.3) is 0 Å². The highest BCUT2D eigenvalue weighted by molar-refractivity contribution is 6.01. The van der Waals surface area contributed by atoms with Crippen LogP contribution in [0.3, 0.4) is 0 Å². The highest BCUT2D eigenvalue weighted by Crippen LogP contribution is 2.17. The number of esters is 1. The van der Waals surface area contributed by atoms with Gasteiger partial charge in [0.25, 0.3) is 0 Å². The molecule has 0 bridgehead atoms. The predicted octanol–water partition coefficient (Wildman–Crippen LogP) is 2.78. The van der Waals surface area contributed by atoms with Gasteiger partial charge in [-0.2, -0.15) is 0 Å². The third kappa shape index (κ3) is 4.63. The average Bonchev–Trinajstić information content (AvgIpc) is 2.43. The van der Waals surface area contributed by atoms with E-state index in [0.717, 1.165) is 0 Å². The molecule has 0 saturated carbocycles. The van der Waals surface area contributed by atoms with Crippen molar-refractivity contribution in [2.45, 2.75) is 26.4 Å². The Kier molecular flexibility index (Phi) is 5.65. The molecule has 0 aliphatic carbocycles. The van der Waals surface area contributed by atoms with Gasteiger partial charge in [-0.1, -0.05) is 36.9 Å². The topological polar surface area (TPSA) is 52.6 Å². The second-order valence-electron chi connectivity index (χ2n) is 4.97. The Morgan fingerprint density at radius 2 is 1.75 bits per heavy atom. The van der Waals surface area contributed by atoms with Crippen molar-refractivity contribution in [3.63, 3.8) is 0 Å². The summed E-state index contributed by atoms with van der Waals surface area (Å²) in [5, 5.41) is 0. The van der Waals surface area contributed by atoms with Crippen LogP contribution >= 0.6 is 0 Å². The van der Waals surface area contributed by atoms with Gasteiger partial charge in [0, 0.05) is 11.1 Å². The zero-order valence-electron chi connectivity index (χ0n) is 12.1. The normalized spacial score (nSPS) is 10.9. The molecule has 4 nitrogen and oxygen atoms in total. The fourth-order valence-corrected chi connectivity index (χ4v) is 1.56. The van der Waals surface area contributed by atoms with Crippen LogP contribution in [0.1, 0.15) is 31.1 Å². The van der Waals surface area contributed by atoms with E-state index in [4.69, 9.17) is 9.47 Å². The fourth-order valence-electron chi connectivity index (χ4n) is 1.56. The maximum absolute atomic E-state index is 12.3. The van der Waals surface area contributed by atoms with E-state index in [1.54, 1.807) is 45.0 Å². The van der Waals surface area contributed by atoms with Crippen LogP contribution in [0.2, 0.25) is 0 Å². The number of hydrogen-bond acceptors (Lipinski definition) is 4. The van der Waals surface area contributed by atoms with Crippen molar-refractivity contribution in [1.82, 2.24) is 0 Å². The minimum absolute atomic E-state index is 0.0944. The third-order valence-electron chi connectivity index (χ3n) is 2.71. The summed E-state index contributed by atoms with van der Waals surface area (Å²) >= 11 is 0. The summed E-state index contributed by atoms with van der Waals surface area (Å²) in [7, 11) is 0. The number of benzene rings is 1. The van der Waals surface area contributed by atoms with Crippen molar-refractivity contribution < 1.29 is 19.1 Å². The van der Waals surface area contributed by atoms with Crippen molar-refractivity contribution in [1.29, 1.82) is 0 Å². The first-order valence-corrected chi connectivity index (χ1v) is 6.41. The molecule has 0 fully saturated rings. The van der Waals surface area contributed by atoms with Crippen LogP contribution in [-0.2, 0) is 14.3 Å². The standard InChI is InChI=1S/C16H20O4/c1-12(2)15(18)19-10-11-20-16(3,4)14(17)13-8-6-5-7-9-13/h5-9H,1,10-11H2,2-4H3. The number of carbonyl (C=O) groups is 2. The number of hydrogen-bond donors (Lipinski definition) is 0. The summed E-state index contributed by atoms with van der Waals surface area (Å²) in [4.78, 5) is 23.4. The molecule has 1 aromatic carbocycles. The number of carbonyl (C=O) groups excluding carboxylic acids is 2. The quantitative estimate of drug-likeness (QED) is 0.332. The molecule has 0 aliphatic heterocycles. The molecule has 0 atom stereocenters. The van der Waals surface area contributed by atoms with Gasteiger partial charge in [-0.25, -0.2) is 4.79 Å². The summed E-state index contributed by atoms with van der Waals surface area (Å²) in [6.07, 6.45) is 0. The molecule has 0 aromatic heterocycles. The number of Topliss-reactive ketones (excluding diaryl/α,β-unsaturated/α-hetero) is 1.